The first-order valence-electron chi connectivity index (χ1n) is 12.3. The number of hydrogen-bond acceptors (Lipinski definition) is 6. The van der Waals surface area contributed by atoms with Crippen molar-refractivity contribution in [3.8, 4) is 5.75 Å². The van der Waals surface area contributed by atoms with Crippen LogP contribution in [0.1, 0.15) is 36.1 Å². The molecule has 2 heterocycles. The third-order valence-corrected chi connectivity index (χ3v) is 8.74. The van der Waals surface area contributed by atoms with Gasteiger partial charge in [-0.05, 0) is 69.4 Å². The van der Waals surface area contributed by atoms with Gasteiger partial charge < -0.3 is 9.47 Å². The van der Waals surface area contributed by atoms with Crippen molar-refractivity contribution in [2.75, 3.05) is 7.11 Å². The maximum absolute atomic E-state index is 13.8. The van der Waals surface area contributed by atoms with E-state index in [9.17, 15) is 9.59 Å². The van der Waals surface area contributed by atoms with Gasteiger partial charge in [0.1, 0.15) is 12.4 Å². The highest BCUT2D eigenvalue weighted by atomic mass is 79.9. The van der Waals surface area contributed by atoms with Crippen molar-refractivity contribution in [3.05, 3.63) is 129 Å². The Morgan fingerprint density at radius 1 is 1.10 bits per heavy atom. The normalized spacial score (nSPS) is 15.0. The molecule has 0 bridgehead atoms. The number of esters is 1. The number of fused-ring (bicyclic) bond motifs is 1. The van der Waals surface area contributed by atoms with E-state index in [0.29, 0.717) is 49.4 Å². The van der Waals surface area contributed by atoms with Crippen LogP contribution in [0.3, 0.4) is 0 Å². The fraction of sp³-hybridized carbons (Fsp3) is 0.167. The van der Waals surface area contributed by atoms with Crippen LogP contribution in [0.25, 0.3) is 6.08 Å². The van der Waals surface area contributed by atoms with E-state index in [-0.39, 0.29) is 5.56 Å². The van der Waals surface area contributed by atoms with Crippen molar-refractivity contribution in [2.45, 2.75) is 26.0 Å². The van der Waals surface area contributed by atoms with Gasteiger partial charge in [0.15, 0.2) is 4.80 Å². The minimum Gasteiger partial charge on any atom is -0.488 e. The van der Waals surface area contributed by atoms with E-state index in [4.69, 9.17) is 37.7 Å². The first-order chi connectivity index (χ1) is 19.3. The molecule has 5 rings (SSSR count). The highest BCUT2D eigenvalue weighted by Crippen LogP contribution is 2.32. The summed E-state index contributed by atoms with van der Waals surface area (Å²) in [7, 11) is 1.34. The Labute approximate surface area is 252 Å². The van der Waals surface area contributed by atoms with Crippen molar-refractivity contribution in [3.63, 3.8) is 0 Å². The molecule has 0 saturated heterocycles. The summed E-state index contributed by atoms with van der Waals surface area (Å²) in [6.07, 6.45) is 2.34. The van der Waals surface area contributed by atoms with Gasteiger partial charge in [-0.15, -0.1) is 0 Å². The molecular formula is C30H23BrCl2N2O4S. The molecule has 0 N–H and O–H groups in total. The zero-order chi connectivity index (χ0) is 28.4. The molecule has 1 aliphatic heterocycles. The molecule has 40 heavy (non-hydrogen) atoms. The lowest BCUT2D eigenvalue weighted by Crippen LogP contribution is -2.40. The maximum atomic E-state index is 13.8. The molecule has 1 atom stereocenters. The van der Waals surface area contributed by atoms with Crippen LogP contribution in [0.15, 0.2) is 92.3 Å². The zero-order valence-corrected chi connectivity index (χ0v) is 25.4. The number of hydrogen-bond donors (Lipinski definition) is 0. The van der Waals surface area contributed by atoms with Crippen LogP contribution in [0.4, 0.5) is 0 Å². The summed E-state index contributed by atoms with van der Waals surface area (Å²) in [4.78, 5) is 31.9. The molecular weight excluding hydrogens is 635 g/mol. The molecule has 0 saturated carbocycles. The fourth-order valence-electron chi connectivity index (χ4n) is 4.48. The zero-order valence-electron chi connectivity index (χ0n) is 21.5. The van der Waals surface area contributed by atoms with Crippen LogP contribution in [0, 0.1) is 0 Å². The quantitative estimate of drug-likeness (QED) is 0.214. The molecule has 3 aromatic carbocycles. The average molecular weight is 658 g/mol. The fourth-order valence-corrected chi connectivity index (χ4v) is 6.33. The number of allylic oxidation sites excluding steroid dienone is 1. The Hall–Kier alpha value is -3.17. The van der Waals surface area contributed by atoms with E-state index < -0.39 is 12.0 Å². The molecule has 1 aromatic heterocycles. The second-order valence-corrected chi connectivity index (χ2v) is 11.6. The van der Waals surface area contributed by atoms with Crippen molar-refractivity contribution >= 4 is 62.5 Å². The highest BCUT2D eigenvalue weighted by molar-refractivity contribution is 9.10. The largest absolute Gasteiger partial charge is 0.488 e. The molecule has 0 aliphatic carbocycles. The number of carbonyl (C=O) groups excluding carboxylic acids is 1. The van der Waals surface area contributed by atoms with E-state index in [1.807, 2.05) is 67.6 Å². The minimum atomic E-state index is -0.633. The van der Waals surface area contributed by atoms with Crippen molar-refractivity contribution in [2.24, 2.45) is 4.99 Å². The molecule has 4 aromatic rings. The Bertz CT molecular complexity index is 1820. The van der Waals surface area contributed by atoms with Crippen LogP contribution in [-0.4, -0.2) is 17.6 Å². The van der Waals surface area contributed by atoms with Crippen LogP contribution in [0.2, 0.25) is 10.0 Å². The summed E-state index contributed by atoms with van der Waals surface area (Å²) >= 11 is 17.0. The topological polar surface area (TPSA) is 69.9 Å². The number of halogens is 3. The SMILES string of the molecule is CCC1=C(C(=O)OC)[C@@H](c2ccccc2)n2c(s/c(=C\c3ccc(OCc4ccc(Cl)c(Cl)c4)c(Br)c3)c2=O)=N1. The Kier molecular flexibility index (Phi) is 8.61. The molecule has 0 spiro atoms. The predicted molar refractivity (Wildman–Crippen MR) is 162 cm³/mol. The van der Waals surface area contributed by atoms with Gasteiger partial charge in [-0.3, -0.25) is 9.36 Å². The number of methoxy groups -OCH3 is 1. The number of thiazole rings is 1. The monoisotopic (exact) mass is 656 g/mol. The molecule has 1 aliphatic rings. The van der Waals surface area contributed by atoms with Crippen LogP contribution >= 0.6 is 50.5 Å². The molecule has 10 heteroatoms. The first-order valence-corrected chi connectivity index (χ1v) is 14.7. The van der Waals surface area contributed by atoms with Gasteiger partial charge in [0.05, 0.1) is 43.5 Å². The first kappa shape index (κ1) is 28.4. The number of aromatic nitrogens is 1. The Balaban J connectivity index is 1.52. The van der Waals surface area contributed by atoms with E-state index >= 15 is 0 Å². The molecule has 6 nitrogen and oxygen atoms in total. The van der Waals surface area contributed by atoms with Crippen molar-refractivity contribution in [1.82, 2.24) is 4.57 Å². The summed E-state index contributed by atoms with van der Waals surface area (Å²) < 4.78 is 13.9. The van der Waals surface area contributed by atoms with E-state index in [0.717, 1.165) is 21.2 Å². The van der Waals surface area contributed by atoms with Crippen molar-refractivity contribution in [1.29, 1.82) is 0 Å². The molecule has 0 unspecified atom stereocenters. The Morgan fingerprint density at radius 3 is 2.55 bits per heavy atom. The molecule has 0 fully saturated rings. The van der Waals surface area contributed by atoms with Gasteiger partial charge in [0, 0.05) is 0 Å². The lowest BCUT2D eigenvalue weighted by atomic mass is 9.95. The van der Waals surface area contributed by atoms with Gasteiger partial charge in [0.25, 0.3) is 5.56 Å². The number of benzene rings is 3. The second kappa shape index (κ2) is 12.1. The predicted octanol–water partition coefficient (Wildman–Crippen LogP) is 6.45. The second-order valence-electron chi connectivity index (χ2n) is 8.93. The number of rotatable bonds is 7. The average Bonchev–Trinajstić information content (AvgIpc) is 3.27. The number of ether oxygens (including phenoxy) is 2. The van der Waals surface area contributed by atoms with Gasteiger partial charge in [-0.25, -0.2) is 9.79 Å². The van der Waals surface area contributed by atoms with E-state index in [1.54, 1.807) is 16.7 Å². The summed E-state index contributed by atoms with van der Waals surface area (Å²) in [5, 5.41) is 0.960. The minimum absolute atomic E-state index is 0.231. The highest BCUT2D eigenvalue weighted by Gasteiger charge is 2.33. The van der Waals surface area contributed by atoms with Crippen LogP contribution < -0.4 is 19.6 Å². The lowest BCUT2D eigenvalue weighted by Gasteiger charge is -2.25. The van der Waals surface area contributed by atoms with Crippen LogP contribution in [-0.2, 0) is 16.1 Å². The molecule has 204 valence electrons. The third kappa shape index (κ3) is 5.67. The van der Waals surface area contributed by atoms with Gasteiger partial charge in [0.2, 0.25) is 0 Å². The van der Waals surface area contributed by atoms with Gasteiger partial charge >= 0.3 is 5.97 Å². The van der Waals surface area contributed by atoms with E-state index in [1.165, 1.54) is 18.4 Å². The summed E-state index contributed by atoms with van der Waals surface area (Å²) in [5.74, 6) is 0.146. The Morgan fingerprint density at radius 2 is 1.88 bits per heavy atom. The number of carbonyl (C=O) groups is 1. The summed E-state index contributed by atoms with van der Waals surface area (Å²) in [5.41, 5.74) is 3.25. The number of nitrogens with zero attached hydrogens (tertiary/aromatic N) is 2. The smallest absolute Gasteiger partial charge is 0.338 e. The lowest BCUT2D eigenvalue weighted by molar-refractivity contribution is -0.136. The van der Waals surface area contributed by atoms with E-state index in [2.05, 4.69) is 15.9 Å². The van der Waals surface area contributed by atoms with Crippen molar-refractivity contribution < 1.29 is 14.3 Å². The summed E-state index contributed by atoms with van der Waals surface area (Å²) in [6, 6.07) is 19.8. The van der Waals surface area contributed by atoms with Crippen LogP contribution in [0.5, 0.6) is 5.75 Å². The maximum Gasteiger partial charge on any atom is 0.338 e. The third-order valence-electron chi connectivity index (χ3n) is 6.40. The molecule has 0 amide bonds. The standard InChI is InChI=1S/C30H23BrCl2N2O4S/c1-3-23-26(29(37)38-2)27(19-7-5-4-6-8-19)35-28(36)25(40-30(35)34-23)15-17-10-12-24(20(31)13-17)39-16-18-9-11-21(32)22(33)14-18/h4-15,27H,3,16H2,1-2H3/b25-15-/t27-/m1/s1. The molecule has 0 radical (unpaired) electrons. The van der Waals surface area contributed by atoms with Gasteiger partial charge in [-0.1, -0.05) is 83.9 Å². The van der Waals surface area contributed by atoms with Gasteiger partial charge in [-0.2, -0.15) is 0 Å². The summed E-state index contributed by atoms with van der Waals surface area (Å²) in [6.45, 7) is 2.25.